The molecule has 1 aliphatic carbocycles. The molecule has 3 fully saturated rings. The molecule has 4 atom stereocenters. The van der Waals surface area contributed by atoms with Gasteiger partial charge in [0.25, 0.3) is 0 Å². The van der Waals surface area contributed by atoms with Crippen LogP contribution in [0.4, 0.5) is 0 Å². The molecule has 1 saturated carbocycles. The number of hydrogen-bond acceptors (Lipinski definition) is 3. The van der Waals surface area contributed by atoms with E-state index in [0.717, 1.165) is 24.4 Å². The highest BCUT2D eigenvalue weighted by Crippen LogP contribution is 2.39. The van der Waals surface area contributed by atoms with E-state index in [9.17, 15) is 0 Å². The first-order valence-corrected chi connectivity index (χ1v) is 9.11. The van der Waals surface area contributed by atoms with E-state index in [4.69, 9.17) is 0 Å². The molecular weight excluding hydrogens is 270 g/mol. The lowest BCUT2D eigenvalue weighted by molar-refractivity contribution is 0.270. The summed E-state index contributed by atoms with van der Waals surface area (Å²) in [4.78, 5) is 2.68. The Balaban J connectivity index is 1.32. The Kier molecular flexibility index (Phi) is 4.47. The third kappa shape index (κ3) is 3.22. The summed E-state index contributed by atoms with van der Waals surface area (Å²) in [7, 11) is 0. The Labute approximate surface area is 134 Å². The molecule has 3 heteroatoms. The van der Waals surface area contributed by atoms with Crippen LogP contribution in [0.5, 0.6) is 0 Å². The van der Waals surface area contributed by atoms with Crippen molar-refractivity contribution in [3.63, 3.8) is 0 Å². The maximum absolute atomic E-state index is 3.98. The van der Waals surface area contributed by atoms with Crippen LogP contribution < -0.4 is 10.6 Å². The second-order valence-electron chi connectivity index (χ2n) is 7.50. The Morgan fingerprint density at radius 1 is 1.09 bits per heavy atom. The number of nitrogens with zero attached hydrogens (tertiary/aromatic N) is 1. The molecule has 0 amide bonds. The maximum Gasteiger partial charge on any atom is 0.0233 e. The number of benzene rings is 1. The van der Waals surface area contributed by atoms with Gasteiger partial charge in [-0.1, -0.05) is 30.3 Å². The van der Waals surface area contributed by atoms with E-state index in [0.29, 0.717) is 6.04 Å². The number of piperidine rings is 1. The summed E-state index contributed by atoms with van der Waals surface area (Å²) in [5, 5.41) is 7.52. The van der Waals surface area contributed by atoms with Crippen LogP contribution in [0.2, 0.25) is 0 Å². The molecule has 0 radical (unpaired) electrons. The van der Waals surface area contributed by atoms with Crippen molar-refractivity contribution in [1.29, 1.82) is 0 Å². The molecule has 3 nitrogen and oxygen atoms in total. The SMILES string of the molecule is c1ccc(CN2CC3CCC(NC4CCCNC4)C3C2)cc1. The first kappa shape index (κ1) is 14.7. The molecule has 0 spiro atoms. The molecule has 22 heavy (non-hydrogen) atoms. The van der Waals surface area contributed by atoms with Gasteiger partial charge >= 0.3 is 0 Å². The minimum atomic E-state index is 0.709. The monoisotopic (exact) mass is 299 g/mol. The summed E-state index contributed by atoms with van der Waals surface area (Å²) in [6.07, 6.45) is 5.51. The fraction of sp³-hybridized carbons (Fsp3) is 0.684. The van der Waals surface area contributed by atoms with Crippen molar-refractivity contribution < 1.29 is 0 Å². The normalized spacial score (nSPS) is 35.6. The van der Waals surface area contributed by atoms with Crippen molar-refractivity contribution in [2.45, 2.75) is 44.3 Å². The van der Waals surface area contributed by atoms with Gasteiger partial charge in [0.1, 0.15) is 0 Å². The van der Waals surface area contributed by atoms with Gasteiger partial charge in [-0.05, 0) is 49.6 Å². The summed E-state index contributed by atoms with van der Waals surface area (Å²) < 4.78 is 0. The van der Waals surface area contributed by atoms with E-state index in [2.05, 4.69) is 45.9 Å². The standard InChI is InChI=1S/C19H29N3/c1-2-5-15(6-3-1)12-22-13-16-8-9-19(18(16)14-22)21-17-7-4-10-20-11-17/h1-3,5-6,16-21H,4,7-14H2. The lowest BCUT2D eigenvalue weighted by Crippen LogP contribution is -2.49. The zero-order valence-electron chi connectivity index (χ0n) is 13.5. The Bertz CT molecular complexity index is 469. The van der Waals surface area contributed by atoms with Gasteiger partial charge in [0, 0.05) is 38.3 Å². The molecule has 2 saturated heterocycles. The quantitative estimate of drug-likeness (QED) is 0.893. The molecule has 1 aromatic carbocycles. The smallest absolute Gasteiger partial charge is 0.0233 e. The first-order valence-electron chi connectivity index (χ1n) is 9.11. The van der Waals surface area contributed by atoms with Crippen LogP contribution in [0, 0.1) is 11.8 Å². The zero-order chi connectivity index (χ0) is 14.8. The van der Waals surface area contributed by atoms with Gasteiger partial charge in [-0.2, -0.15) is 0 Å². The van der Waals surface area contributed by atoms with E-state index in [1.807, 2.05) is 0 Å². The van der Waals surface area contributed by atoms with E-state index in [1.54, 1.807) is 0 Å². The van der Waals surface area contributed by atoms with Crippen molar-refractivity contribution in [3.8, 4) is 0 Å². The summed E-state index contributed by atoms with van der Waals surface area (Å²) in [5.74, 6) is 1.81. The molecule has 4 unspecified atom stereocenters. The van der Waals surface area contributed by atoms with Crippen molar-refractivity contribution in [3.05, 3.63) is 35.9 Å². The van der Waals surface area contributed by atoms with E-state index < -0.39 is 0 Å². The van der Waals surface area contributed by atoms with Gasteiger partial charge < -0.3 is 10.6 Å². The van der Waals surface area contributed by atoms with Gasteiger partial charge in [-0.3, -0.25) is 4.90 Å². The predicted octanol–water partition coefficient (Wildman–Crippen LogP) is 2.24. The third-order valence-electron chi connectivity index (χ3n) is 5.93. The second-order valence-corrected chi connectivity index (χ2v) is 7.50. The zero-order valence-corrected chi connectivity index (χ0v) is 13.5. The van der Waals surface area contributed by atoms with Crippen LogP contribution in [-0.2, 0) is 6.54 Å². The van der Waals surface area contributed by atoms with Gasteiger partial charge in [0.15, 0.2) is 0 Å². The lowest BCUT2D eigenvalue weighted by Gasteiger charge is -2.30. The Morgan fingerprint density at radius 3 is 2.82 bits per heavy atom. The van der Waals surface area contributed by atoms with E-state index in [-0.39, 0.29) is 0 Å². The molecule has 0 bridgehead atoms. The number of rotatable bonds is 4. The maximum atomic E-state index is 3.98. The van der Waals surface area contributed by atoms with E-state index in [1.165, 1.54) is 57.4 Å². The number of likely N-dealkylation sites (tertiary alicyclic amines) is 1. The van der Waals surface area contributed by atoms with Crippen LogP contribution in [0.1, 0.15) is 31.2 Å². The summed E-state index contributed by atoms with van der Waals surface area (Å²) in [6.45, 7) is 6.10. The van der Waals surface area contributed by atoms with Crippen LogP contribution in [-0.4, -0.2) is 43.2 Å². The van der Waals surface area contributed by atoms with E-state index >= 15 is 0 Å². The number of nitrogens with one attached hydrogen (secondary N) is 2. The lowest BCUT2D eigenvalue weighted by atomic mass is 9.96. The molecule has 120 valence electrons. The predicted molar refractivity (Wildman–Crippen MR) is 90.7 cm³/mol. The van der Waals surface area contributed by atoms with Crippen molar-refractivity contribution in [2.24, 2.45) is 11.8 Å². The summed E-state index contributed by atoms with van der Waals surface area (Å²) >= 11 is 0. The molecule has 2 N–H and O–H groups in total. The van der Waals surface area contributed by atoms with Crippen LogP contribution >= 0.6 is 0 Å². The van der Waals surface area contributed by atoms with Crippen LogP contribution in [0.25, 0.3) is 0 Å². The second kappa shape index (κ2) is 6.69. The van der Waals surface area contributed by atoms with Crippen LogP contribution in [0.15, 0.2) is 30.3 Å². The van der Waals surface area contributed by atoms with Crippen molar-refractivity contribution >= 4 is 0 Å². The largest absolute Gasteiger partial charge is 0.315 e. The minimum Gasteiger partial charge on any atom is -0.315 e. The average Bonchev–Trinajstić information content (AvgIpc) is 3.11. The molecule has 3 aliphatic rings. The van der Waals surface area contributed by atoms with Gasteiger partial charge in [0.2, 0.25) is 0 Å². The van der Waals surface area contributed by atoms with Gasteiger partial charge in [-0.15, -0.1) is 0 Å². The molecule has 0 aromatic heterocycles. The number of hydrogen-bond donors (Lipinski definition) is 2. The average molecular weight is 299 g/mol. The Morgan fingerprint density at radius 2 is 2.00 bits per heavy atom. The highest BCUT2D eigenvalue weighted by atomic mass is 15.2. The minimum absolute atomic E-state index is 0.709. The highest BCUT2D eigenvalue weighted by Gasteiger charge is 2.42. The third-order valence-corrected chi connectivity index (χ3v) is 5.93. The summed E-state index contributed by atoms with van der Waals surface area (Å²) in [5.41, 5.74) is 1.46. The first-order chi connectivity index (χ1) is 10.9. The van der Waals surface area contributed by atoms with Gasteiger partial charge in [-0.25, -0.2) is 0 Å². The fourth-order valence-corrected chi connectivity index (χ4v) is 4.83. The molecule has 2 heterocycles. The highest BCUT2D eigenvalue weighted by molar-refractivity contribution is 5.15. The van der Waals surface area contributed by atoms with Crippen molar-refractivity contribution in [1.82, 2.24) is 15.5 Å². The van der Waals surface area contributed by atoms with Crippen LogP contribution in [0.3, 0.4) is 0 Å². The molecule has 2 aliphatic heterocycles. The van der Waals surface area contributed by atoms with Crippen molar-refractivity contribution in [2.75, 3.05) is 26.2 Å². The molecule has 1 aromatic rings. The number of fused-ring (bicyclic) bond motifs is 1. The Hall–Kier alpha value is -0.900. The van der Waals surface area contributed by atoms with Gasteiger partial charge in [0.05, 0.1) is 0 Å². The fourth-order valence-electron chi connectivity index (χ4n) is 4.83. The molecule has 4 rings (SSSR count). The summed E-state index contributed by atoms with van der Waals surface area (Å²) in [6, 6.07) is 12.4. The molecular formula is C19H29N3. The topological polar surface area (TPSA) is 27.3 Å².